The van der Waals surface area contributed by atoms with Gasteiger partial charge < -0.3 is 14.2 Å². The molecule has 0 amide bonds. The molecule has 8 heteroatoms. The molecule has 0 radical (unpaired) electrons. The summed E-state index contributed by atoms with van der Waals surface area (Å²) in [7, 11) is 3.85. The Morgan fingerprint density at radius 2 is 1.84 bits per heavy atom. The van der Waals surface area contributed by atoms with Gasteiger partial charge in [-0.15, -0.1) is 4.52 Å². The van der Waals surface area contributed by atoms with Gasteiger partial charge in [-0.3, -0.25) is 4.79 Å². The second-order valence-corrected chi connectivity index (χ2v) is 7.39. The van der Waals surface area contributed by atoms with Crippen molar-refractivity contribution in [2.24, 2.45) is 0 Å². The van der Waals surface area contributed by atoms with Gasteiger partial charge in [0.2, 0.25) is 5.89 Å². The number of nitrogens with zero attached hydrogens (tertiary/aromatic N) is 5. The van der Waals surface area contributed by atoms with Gasteiger partial charge in [0, 0.05) is 14.1 Å². The molecule has 0 saturated heterocycles. The van der Waals surface area contributed by atoms with Crippen molar-refractivity contribution >= 4 is 28.3 Å². The smallest absolute Gasteiger partial charge is 0.301 e. The SMILES string of the molecule is [C-]#[N+]c1[nH]n2c(=O)c(-c3nc4c(N(C)C)cccc4o3)c(C)nc2c1-c1ccccc1. The Bertz CT molecular complexity index is 1550. The van der Waals surface area contributed by atoms with E-state index in [0.29, 0.717) is 28.0 Å². The van der Waals surface area contributed by atoms with Crippen molar-refractivity contribution in [3.8, 4) is 22.6 Å². The minimum Gasteiger partial charge on any atom is -0.436 e. The van der Waals surface area contributed by atoms with Crippen LogP contribution in [0.4, 0.5) is 11.5 Å². The topological polar surface area (TPSA) is 83.8 Å². The highest BCUT2D eigenvalue weighted by Crippen LogP contribution is 2.34. The third-order valence-electron chi connectivity index (χ3n) is 5.21. The Morgan fingerprint density at radius 3 is 2.55 bits per heavy atom. The number of rotatable bonds is 3. The number of aryl methyl sites for hydroxylation is 1. The molecule has 31 heavy (non-hydrogen) atoms. The van der Waals surface area contributed by atoms with Gasteiger partial charge in [-0.25, -0.2) is 15.1 Å². The summed E-state index contributed by atoms with van der Waals surface area (Å²) in [6, 6.07) is 15.1. The molecule has 0 unspecified atom stereocenters. The number of H-pyrrole nitrogens is 1. The number of aromatic amines is 1. The number of oxazole rings is 1. The fraction of sp³-hybridized carbons (Fsp3) is 0.130. The number of nitrogens with one attached hydrogen (secondary N) is 1. The van der Waals surface area contributed by atoms with Crippen molar-refractivity contribution in [1.82, 2.24) is 19.6 Å². The molecule has 8 nitrogen and oxygen atoms in total. The monoisotopic (exact) mass is 410 g/mol. The van der Waals surface area contributed by atoms with Crippen LogP contribution in [0, 0.1) is 13.5 Å². The predicted octanol–water partition coefficient (Wildman–Crippen LogP) is 4.42. The molecule has 0 aliphatic carbocycles. The fourth-order valence-electron chi connectivity index (χ4n) is 3.77. The van der Waals surface area contributed by atoms with Crippen LogP contribution in [0.5, 0.6) is 0 Å². The molecule has 0 aliphatic heterocycles. The number of fused-ring (bicyclic) bond motifs is 2. The molecule has 5 aromatic rings. The lowest BCUT2D eigenvalue weighted by atomic mass is 10.1. The zero-order chi connectivity index (χ0) is 21.7. The van der Waals surface area contributed by atoms with Gasteiger partial charge in [0.05, 0.1) is 16.9 Å². The van der Waals surface area contributed by atoms with E-state index in [2.05, 4.69) is 19.9 Å². The minimum atomic E-state index is -0.368. The van der Waals surface area contributed by atoms with E-state index in [9.17, 15) is 4.79 Å². The van der Waals surface area contributed by atoms with Gasteiger partial charge in [0.25, 0.3) is 5.82 Å². The molecule has 2 aromatic carbocycles. The number of para-hydroxylation sites is 1. The van der Waals surface area contributed by atoms with Gasteiger partial charge in [-0.2, -0.15) is 0 Å². The van der Waals surface area contributed by atoms with Crippen molar-refractivity contribution in [1.29, 1.82) is 0 Å². The summed E-state index contributed by atoms with van der Waals surface area (Å²) >= 11 is 0. The molecule has 3 aromatic heterocycles. The summed E-state index contributed by atoms with van der Waals surface area (Å²) in [5.74, 6) is 0.453. The van der Waals surface area contributed by atoms with E-state index in [4.69, 9.17) is 11.0 Å². The molecule has 0 fully saturated rings. The molecule has 0 saturated carbocycles. The second-order valence-electron chi connectivity index (χ2n) is 7.39. The van der Waals surface area contributed by atoms with Crippen molar-refractivity contribution in [3.05, 3.63) is 76.0 Å². The highest BCUT2D eigenvalue weighted by atomic mass is 16.3. The van der Waals surface area contributed by atoms with Gasteiger partial charge >= 0.3 is 5.56 Å². The Labute approximate surface area is 177 Å². The lowest BCUT2D eigenvalue weighted by molar-refractivity contribution is 0.616. The first-order chi connectivity index (χ1) is 15.0. The summed E-state index contributed by atoms with van der Waals surface area (Å²) in [4.78, 5) is 28.2. The van der Waals surface area contributed by atoms with Crippen LogP contribution in [0.25, 0.3) is 44.2 Å². The number of hydrogen-bond donors (Lipinski definition) is 1. The lowest BCUT2D eigenvalue weighted by Gasteiger charge is -2.11. The van der Waals surface area contributed by atoms with Crippen LogP contribution >= 0.6 is 0 Å². The number of anilines is 1. The quantitative estimate of drug-likeness (QED) is 0.445. The van der Waals surface area contributed by atoms with Crippen molar-refractivity contribution in [2.75, 3.05) is 19.0 Å². The molecular formula is C23H18N6O2. The fourth-order valence-corrected chi connectivity index (χ4v) is 3.77. The first-order valence-electron chi connectivity index (χ1n) is 9.65. The first kappa shape index (κ1) is 18.6. The second kappa shape index (κ2) is 6.85. The van der Waals surface area contributed by atoms with Gasteiger partial charge in [0.15, 0.2) is 11.2 Å². The summed E-state index contributed by atoms with van der Waals surface area (Å²) in [5, 5.41) is 2.89. The molecule has 152 valence electrons. The number of benzene rings is 2. The molecule has 3 heterocycles. The van der Waals surface area contributed by atoms with E-state index in [1.54, 1.807) is 6.92 Å². The Morgan fingerprint density at radius 1 is 1.06 bits per heavy atom. The molecule has 0 atom stereocenters. The van der Waals surface area contributed by atoms with Crippen LogP contribution in [-0.2, 0) is 0 Å². The van der Waals surface area contributed by atoms with Gasteiger partial charge in [-0.05, 0) is 24.6 Å². The van der Waals surface area contributed by atoms with E-state index >= 15 is 0 Å². The van der Waals surface area contributed by atoms with Crippen LogP contribution in [0.1, 0.15) is 5.69 Å². The van der Waals surface area contributed by atoms with Gasteiger partial charge in [0.1, 0.15) is 11.1 Å². The van der Waals surface area contributed by atoms with Crippen LogP contribution < -0.4 is 10.5 Å². The lowest BCUT2D eigenvalue weighted by Crippen LogP contribution is -2.19. The molecular weight excluding hydrogens is 392 g/mol. The highest BCUT2D eigenvalue weighted by Gasteiger charge is 2.24. The number of hydrogen-bond acceptors (Lipinski definition) is 5. The van der Waals surface area contributed by atoms with E-state index in [0.717, 1.165) is 11.3 Å². The Kier molecular flexibility index (Phi) is 4.12. The Hall–Kier alpha value is -4.38. The van der Waals surface area contributed by atoms with Crippen molar-refractivity contribution in [2.45, 2.75) is 6.92 Å². The molecule has 0 spiro atoms. The number of aromatic nitrogens is 4. The van der Waals surface area contributed by atoms with E-state index < -0.39 is 0 Å². The molecule has 5 rings (SSSR count). The molecule has 1 N–H and O–H groups in total. The predicted molar refractivity (Wildman–Crippen MR) is 120 cm³/mol. The molecule has 0 bridgehead atoms. The van der Waals surface area contributed by atoms with Crippen LogP contribution in [0.2, 0.25) is 0 Å². The van der Waals surface area contributed by atoms with E-state index in [1.807, 2.05) is 67.5 Å². The standard InChI is InChI=1S/C23H18N6O2/c1-13-17(22-26-19-15(28(3)4)11-8-12-16(19)31-22)23(30)29-21(25-13)18(20(24-2)27-29)14-9-6-5-7-10-14/h5-12,27H,1,3-4H3. The maximum Gasteiger partial charge on any atom is 0.301 e. The average molecular weight is 410 g/mol. The minimum absolute atomic E-state index is 0.203. The van der Waals surface area contributed by atoms with Crippen LogP contribution in [0.3, 0.4) is 0 Å². The summed E-state index contributed by atoms with van der Waals surface area (Å²) in [6.07, 6.45) is 0. The summed E-state index contributed by atoms with van der Waals surface area (Å²) < 4.78 is 7.23. The average Bonchev–Trinajstić information content (AvgIpc) is 3.35. The van der Waals surface area contributed by atoms with E-state index in [-0.39, 0.29) is 22.8 Å². The van der Waals surface area contributed by atoms with Crippen molar-refractivity contribution < 1.29 is 4.42 Å². The first-order valence-corrected chi connectivity index (χ1v) is 9.65. The zero-order valence-electron chi connectivity index (χ0n) is 17.2. The molecule has 0 aliphatic rings. The Balaban J connectivity index is 1.79. The normalized spacial score (nSPS) is 11.2. The summed E-state index contributed by atoms with van der Waals surface area (Å²) in [5.41, 5.74) is 4.32. The van der Waals surface area contributed by atoms with Crippen LogP contribution in [0.15, 0.2) is 57.7 Å². The third-order valence-corrected chi connectivity index (χ3v) is 5.21. The zero-order valence-corrected chi connectivity index (χ0v) is 17.2. The maximum atomic E-state index is 13.4. The maximum absolute atomic E-state index is 13.4. The van der Waals surface area contributed by atoms with Crippen LogP contribution in [-0.4, -0.2) is 33.7 Å². The van der Waals surface area contributed by atoms with Gasteiger partial charge in [-0.1, -0.05) is 43.0 Å². The third kappa shape index (κ3) is 2.79. The summed E-state index contributed by atoms with van der Waals surface area (Å²) in [6.45, 7) is 9.31. The van der Waals surface area contributed by atoms with E-state index in [1.165, 1.54) is 4.52 Å². The highest BCUT2D eigenvalue weighted by molar-refractivity contribution is 5.90. The largest absolute Gasteiger partial charge is 0.436 e. The van der Waals surface area contributed by atoms with Crippen molar-refractivity contribution in [3.63, 3.8) is 0 Å².